The highest BCUT2D eigenvalue weighted by atomic mass is 19.3. The van der Waals surface area contributed by atoms with Gasteiger partial charge < -0.3 is 11.5 Å². The third kappa shape index (κ3) is 3.62. The van der Waals surface area contributed by atoms with Crippen LogP contribution in [-0.2, 0) is 6.05 Å². The van der Waals surface area contributed by atoms with Gasteiger partial charge >= 0.3 is 6.05 Å². The Hall–Kier alpha value is -2.02. The molecule has 0 amide bonds. The van der Waals surface area contributed by atoms with Gasteiger partial charge in [0.1, 0.15) is 0 Å². The van der Waals surface area contributed by atoms with Crippen LogP contribution in [0.25, 0.3) is 0 Å². The van der Waals surface area contributed by atoms with Crippen LogP contribution in [0.5, 0.6) is 0 Å². The molecule has 6 N–H and O–H groups in total. The van der Waals surface area contributed by atoms with Crippen molar-refractivity contribution in [2.45, 2.75) is 6.05 Å². The van der Waals surface area contributed by atoms with Crippen LogP contribution in [0.3, 0.4) is 0 Å². The Kier molecular flexibility index (Phi) is 3.51. The molecule has 0 aromatic heterocycles. The Labute approximate surface area is 90.6 Å². The number of alkyl halides is 2. The lowest BCUT2D eigenvalue weighted by Crippen LogP contribution is -2.24. The quantitative estimate of drug-likeness (QED) is 0.299. The van der Waals surface area contributed by atoms with Crippen LogP contribution in [-0.4, -0.2) is 12.2 Å². The Morgan fingerprint density at radius 1 is 1.19 bits per heavy atom. The molecule has 0 spiro atoms. The van der Waals surface area contributed by atoms with E-state index in [1.165, 1.54) is 30.5 Å². The van der Waals surface area contributed by atoms with Crippen LogP contribution in [0.4, 0.5) is 8.78 Å². The summed E-state index contributed by atoms with van der Waals surface area (Å²) in [5, 5.41) is 6.89. The number of benzene rings is 1. The maximum absolute atomic E-state index is 12.6. The third-order valence-corrected chi connectivity index (χ3v) is 1.68. The number of rotatable bonds is 3. The third-order valence-electron chi connectivity index (χ3n) is 1.68. The van der Waals surface area contributed by atoms with Crippen molar-refractivity contribution in [3.63, 3.8) is 0 Å². The second-order valence-electron chi connectivity index (χ2n) is 3.01. The second-order valence-corrected chi connectivity index (χ2v) is 3.01. The van der Waals surface area contributed by atoms with Gasteiger partial charge in [-0.15, -0.1) is 5.10 Å². The van der Waals surface area contributed by atoms with Gasteiger partial charge in [-0.3, -0.25) is 5.73 Å². The standard InChI is InChI=1S/C9H11F2N5/c10-9(11,14)7-3-1-6(2-4-7)5-15-16-8(12)13/h1-5H,14H2,(H4,12,13,16)/b15-5+. The number of hydrogen-bond acceptors (Lipinski definition) is 3. The monoisotopic (exact) mass is 227 g/mol. The molecule has 1 rings (SSSR count). The molecule has 0 saturated heterocycles. The Balaban J connectivity index is 2.80. The van der Waals surface area contributed by atoms with Crippen molar-refractivity contribution in [1.29, 1.82) is 0 Å². The van der Waals surface area contributed by atoms with E-state index in [4.69, 9.17) is 11.5 Å². The Morgan fingerprint density at radius 3 is 2.19 bits per heavy atom. The molecule has 0 bridgehead atoms. The van der Waals surface area contributed by atoms with Gasteiger partial charge in [0, 0.05) is 5.56 Å². The summed E-state index contributed by atoms with van der Waals surface area (Å²) in [5.41, 5.74) is 15.0. The van der Waals surface area contributed by atoms with Crippen LogP contribution < -0.4 is 17.2 Å². The lowest BCUT2D eigenvalue weighted by molar-refractivity contribution is 0.00298. The van der Waals surface area contributed by atoms with Gasteiger partial charge in [-0.1, -0.05) is 24.3 Å². The van der Waals surface area contributed by atoms with Gasteiger partial charge in [0.05, 0.1) is 6.21 Å². The first-order valence-corrected chi connectivity index (χ1v) is 4.29. The first-order chi connectivity index (χ1) is 7.39. The molecule has 0 atom stereocenters. The molecule has 1 aromatic rings. The smallest absolute Gasteiger partial charge is 0.326 e. The summed E-state index contributed by atoms with van der Waals surface area (Å²) < 4.78 is 25.3. The van der Waals surface area contributed by atoms with Gasteiger partial charge in [-0.2, -0.15) is 13.9 Å². The van der Waals surface area contributed by atoms with Crippen molar-refractivity contribution in [2.75, 3.05) is 0 Å². The largest absolute Gasteiger partial charge is 0.369 e. The molecular weight excluding hydrogens is 216 g/mol. The van der Waals surface area contributed by atoms with Crippen LogP contribution >= 0.6 is 0 Å². The minimum absolute atomic E-state index is 0.179. The summed E-state index contributed by atoms with van der Waals surface area (Å²) in [4.78, 5) is 0. The number of halogens is 2. The van der Waals surface area contributed by atoms with E-state index in [0.29, 0.717) is 5.56 Å². The van der Waals surface area contributed by atoms with Crippen molar-refractivity contribution < 1.29 is 8.78 Å². The summed E-state index contributed by atoms with van der Waals surface area (Å²) in [7, 11) is 0. The second kappa shape index (κ2) is 4.67. The van der Waals surface area contributed by atoms with Gasteiger partial charge in [0.15, 0.2) is 0 Å². The van der Waals surface area contributed by atoms with Crippen molar-refractivity contribution >= 4 is 12.2 Å². The molecule has 0 aliphatic rings. The normalized spacial score (nSPS) is 11.7. The molecule has 0 saturated carbocycles. The average molecular weight is 227 g/mol. The number of hydrogen-bond donors (Lipinski definition) is 3. The lowest BCUT2D eigenvalue weighted by Gasteiger charge is -2.09. The van der Waals surface area contributed by atoms with E-state index >= 15 is 0 Å². The minimum atomic E-state index is -3.34. The molecule has 7 heteroatoms. The molecule has 0 fully saturated rings. The first kappa shape index (κ1) is 12.1. The van der Waals surface area contributed by atoms with Gasteiger partial charge in [-0.05, 0) is 5.56 Å². The highest BCUT2D eigenvalue weighted by molar-refractivity contribution is 5.81. The van der Waals surface area contributed by atoms with Gasteiger partial charge in [0.25, 0.3) is 0 Å². The maximum Gasteiger partial charge on any atom is 0.326 e. The zero-order valence-electron chi connectivity index (χ0n) is 8.27. The van der Waals surface area contributed by atoms with Crippen molar-refractivity contribution in [2.24, 2.45) is 27.4 Å². The predicted octanol–water partition coefficient (Wildman–Crippen LogP) is 0.302. The van der Waals surface area contributed by atoms with E-state index in [-0.39, 0.29) is 11.5 Å². The van der Waals surface area contributed by atoms with Gasteiger partial charge in [-0.25, -0.2) is 0 Å². The van der Waals surface area contributed by atoms with Crippen LogP contribution in [0.1, 0.15) is 11.1 Å². The minimum Gasteiger partial charge on any atom is -0.369 e. The fourth-order valence-corrected chi connectivity index (χ4v) is 0.954. The maximum atomic E-state index is 12.6. The number of guanidine groups is 1. The van der Waals surface area contributed by atoms with E-state index in [9.17, 15) is 8.78 Å². The molecule has 16 heavy (non-hydrogen) atoms. The van der Waals surface area contributed by atoms with E-state index in [2.05, 4.69) is 15.9 Å². The number of nitrogens with two attached hydrogens (primary N) is 3. The van der Waals surface area contributed by atoms with Gasteiger partial charge in [0.2, 0.25) is 5.96 Å². The van der Waals surface area contributed by atoms with Crippen molar-refractivity contribution in [1.82, 2.24) is 0 Å². The highest BCUT2D eigenvalue weighted by Gasteiger charge is 2.24. The molecule has 5 nitrogen and oxygen atoms in total. The van der Waals surface area contributed by atoms with Crippen LogP contribution in [0, 0.1) is 0 Å². The van der Waals surface area contributed by atoms with Crippen LogP contribution in [0.2, 0.25) is 0 Å². The molecule has 0 unspecified atom stereocenters. The lowest BCUT2D eigenvalue weighted by atomic mass is 10.1. The summed E-state index contributed by atoms with van der Waals surface area (Å²) in [6.45, 7) is 0. The van der Waals surface area contributed by atoms with Crippen molar-refractivity contribution in [3.05, 3.63) is 35.4 Å². The summed E-state index contributed by atoms with van der Waals surface area (Å²) in [6, 6.07) is 1.94. The zero-order valence-corrected chi connectivity index (χ0v) is 8.27. The highest BCUT2D eigenvalue weighted by Crippen LogP contribution is 2.20. The summed E-state index contributed by atoms with van der Waals surface area (Å²) >= 11 is 0. The molecule has 1 aromatic carbocycles. The van der Waals surface area contributed by atoms with E-state index in [0.717, 1.165) is 0 Å². The molecule has 0 radical (unpaired) electrons. The number of nitrogens with zero attached hydrogens (tertiary/aromatic N) is 2. The Morgan fingerprint density at radius 2 is 1.75 bits per heavy atom. The SMILES string of the molecule is NC(N)=N/N=C/c1ccc(C(N)(F)F)cc1. The molecule has 0 aliphatic heterocycles. The molecular formula is C9H11F2N5. The molecule has 0 aliphatic carbocycles. The zero-order chi connectivity index (χ0) is 12.2. The molecule has 0 heterocycles. The topological polar surface area (TPSA) is 103 Å². The fraction of sp³-hybridized carbons (Fsp3) is 0.111. The average Bonchev–Trinajstić information content (AvgIpc) is 2.16. The van der Waals surface area contributed by atoms with E-state index in [1.807, 2.05) is 0 Å². The summed E-state index contributed by atoms with van der Waals surface area (Å²) in [6.07, 6.45) is 1.33. The van der Waals surface area contributed by atoms with E-state index in [1.54, 1.807) is 0 Å². The molecule has 86 valence electrons. The fourth-order valence-electron chi connectivity index (χ4n) is 0.954. The van der Waals surface area contributed by atoms with Crippen LogP contribution in [0.15, 0.2) is 34.5 Å². The van der Waals surface area contributed by atoms with Crippen molar-refractivity contribution in [3.8, 4) is 0 Å². The predicted molar refractivity (Wildman–Crippen MR) is 57.9 cm³/mol. The Bertz CT molecular complexity index is 401. The first-order valence-electron chi connectivity index (χ1n) is 4.29. The van der Waals surface area contributed by atoms with E-state index < -0.39 is 6.05 Å². The summed E-state index contributed by atoms with van der Waals surface area (Å²) in [5.74, 6) is -0.179.